The van der Waals surface area contributed by atoms with Gasteiger partial charge in [0.1, 0.15) is 12.9 Å². The molecule has 112 valence electrons. The summed E-state index contributed by atoms with van der Waals surface area (Å²) in [6.07, 6.45) is -0.504. The summed E-state index contributed by atoms with van der Waals surface area (Å²) >= 11 is 0. The number of carbonyl (C=O) groups excluding carboxylic acids is 1. The van der Waals surface area contributed by atoms with Gasteiger partial charge in [-0.3, -0.25) is 0 Å². The topological polar surface area (TPSA) is 57.0 Å². The van der Waals surface area contributed by atoms with Gasteiger partial charge < -0.3 is 4.74 Å². The van der Waals surface area contributed by atoms with Crippen LogP contribution in [0.5, 0.6) is 0 Å². The van der Waals surface area contributed by atoms with E-state index in [1.807, 2.05) is 19.1 Å². The molecule has 0 N–H and O–H groups in total. The molecule has 21 heavy (non-hydrogen) atoms. The van der Waals surface area contributed by atoms with E-state index in [9.17, 15) is 13.6 Å². The Labute approximate surface area is 120 Å². The first-order chi connectivity index (χ1) is 10.1. The lowest BCUT2D eigenvalue weighted by atomic mass is 10.1. The second-order valence-electron chi connectivity index (χ2n) is 4.38. The molecule has 1 heterocycles. The Hall–Kier alpha value is -2.31. The van der Waals surface area contributed by atoms with Gasteiger partial charge in [0.25, 0.3) is 6.43 Å². The number of alkyl halides is 2. The molecular weight excluding hydrogens is 280 g/mol. The zero-order valence-corrected chi connectivity index (χ0v) is 11.5. The van der Waals surface area contributed by atoms with Crippen LogP contribution < -0.4 is 0 Å². The highest BCUT2D eigenvalue weighted by atomic mass is 19.3. The summed E-state index contributed by atoms with van der Waals surface area (Å²) in [4.78, 5) is 15.6. The summed E-state index contributed by atoms with van der Waals surface area (Å²) in [5.74, 6) is -0.335. The van der Waals surface area contributed by atoms with Gasteiger partial charge in [0.15, 0.2) is 12.4 Å². The Balaban J connectivity index is 1.96. The number of rotatable bonds is 6. The van der Waals surface area contributed by atoms with Crippen LogP contribution in [0.1, 0.15) is 28.7 Å². The maximum absolute atomic E-state index is 12.3. The van der Waals surface area contributed by atoms with Crippen LogP contribution >= 0.6 is 0 Å². The fourth-order valence-corrected chi connectivity index (χ4v) is 1.77. The van der Waals surface area contributed by atoms with Crippen LogP contribution in [0, 0.1) is 0 Å². The van der Waals surface area contributed by atoms with Gasteiger partial charge in [0.2, 0.25) is 0 Å². The molecule has 0 spiro atoms. The predicted molar refractivity (Wildman–Crippen MR) is 71.0 cm³/mol. The summed E-state index contributed by atoms with van der Waals surface area (Å²) in [7, 11) is 0. The molecule has 7 heteroatoms. The molecule has 0 fully saturated rings. The van der Waals surface area contributed by atoms with Crippen LogP contribution in [0.2, 0.25) is 0 Å². The van der Waals surface area contributed by atoms with Crippen LogP contribution in [0.3, 0.4) is 0 Å². The van der Waals surface area contributed by atoms with E-state index < -0.39 is 18.9 Å². The number of hydrogen-bond acceptors (Lipinski definition) is 4. The molecule has 0 atom stereocenters. The Morgan fingerprint density at radius 1 is 1.33 bits per heavy atom. The van der Waals surface area contributed by atoms with Crippen molar-refractivity contribution in [3.8, 4) is 0 Å². The zero-order chi connectivity index (χ0) is 15.2. The molecule has 0 aliphatic heterocycles. The number of carbonyl (C=O) groups is 1. The number of aromatic nitrogens is 3. The Morgan fingerprint density at radius 2 is 2.05 bits per heavy atom. The standard InChI is InChI=1S/C14H15F2N3O2/c1-2-10-3-5-11(6-4-10)14(20)21-8-13-17-9-18-19(13)7-12(15)16/h3-6,9,12H,2,7-8H2,1H3. The summed E-state index contributed by atoms with van der Waals surface area (Å²) in [5, 5.41) is 3.66. The Morgan fingerprint density at radius 3 is 2.67 bits per heavy atom. The minimum Gasteiger partial charge on any atom is -0.454 e. The summed E-state index contributed by atoms with van der Waals surface area (Å²) < 4.78 is 30.7. The van der Waals surface area contributed by atoms with E-state index in [1.165, 1.54) is 0 Å². The largest absolute Gasteiger partial charge is 0.454 e. The molecule has 2 aromatic rings. The SMILES string of the molecule is CCc1ccc(C(=O)OCc2ncnn2CC(F)F)cc1. The molecule has 5 nitrogen and oxygen atoms in total. The predicted octanol–water partition coefficient (Wildman–Crippen LogP) is 2.46. The minimum atomic E-state index is -2.54. The highest BCUT2D eigenvalue weighted by molar-refractivity contribution is 5.89. The fourth-order valence-electron chi connectivity index (χ4n) is 1.77. The number of aryl methyl sites for hydroxylation is 1. The molecule has 0 saturated heterocycles. The number of benzene rings is 1. The Bertz CT molecular complexity index is 597. The quantitative estimate of drug-likeness (QED) is 0.768. The van der Waals surface area contributed by atoms with Gasteiger partial charge in [-0.25, -0.2) is 23.2 Å². The maximum Gasteiger partial charge on any atom is 0.338 e. The summed E-state index contributed by atoms with van der Waals surface area (Å²) in [6, 6.07) is 7.03. The van der Waals surface area contributed by atoms with Crippen molar-refractivity contribution in [1.82, 2.24) is 14.8 Å². The van der Waals surface area contributed by atoms with Gasteiger partial charge in [0.05, 0.1) is 5.56 Å². The normalized spacial score (nSPS) is 10.9. The van der Waals surface area contributed by atoms with Crippen molar-refractivity contribution in [2.45, 2.75) is 32.9 Å². The van der Waals surface area contributed by atoms with Crippen molar-refractivity contribution < 1.29 is 18.3 Å². The number of esters is 1. The van der Waals surface area contributed by atoms with Crippen molar-refractivity contribution in [3.63, 3.8) is 0 Å². The van der Waals surface area contributed by atoms with Gasteiger partial charge in [-0.15, -0.1) is 0 Å². The molecule has 0 saturated carbocycles. The van der Waals surface area contributed by atoms with Crippen molar-refractivity contribution in [2.75, 3.05) is 0 Å². The first kappa shape index (κ1) is 15.1. The third kappa shape index (κ3) is 4.08. The van der Waals surface area contributed by atoms with Crippen molar-refractivity contribution >= 4 is 5.97 Å². The summed E-state index contributed by atoms with van der Waals surface area (Å²) in [5.41, 5.74) is 1.52. The van der Waals surface area contributed by atoms with Crippen molar-refractivity contribution in [3.05, 3.63) is 47.5 Å². The number of halogens is 2. The van der Waals surface area contributed by atoms with E-state index >= 15 is 0 Å². The van der Waals surface area contributed by atoms with E-state index in [1.54, 1.807) is 12.1 Å². The van der Waals surface area contributed by atoms with E-state index in [0.717, 1.165) is 23.0 Å². The van der Waals surface area contributed by atoms with Crippen LogP contribution in [-0.2, 0) is 24.3 Å². The van der Waals surface area contributed by atoms with Crippen molar-refractivity contribution in [2.24, 2.45) is 0 Å². The van der Waals surface area contributed by atoms with Gasteiger partial charge >= 0.3 is 5.97 Å². The highest BCUT2D eigenvalue weighted by Crippen LogP contribution is 2.08. The van der Waals surface area contributed by atoms with Gasteiger partial charge in [-0.2, -0.15) is 5.10 Å². The number of nitrogens with zero attached hydrogens (tertiary/aromatic N) is 3. The lowest BCUT2D eigenvalue weighted by Crippen LogP contribution is -2.14. The molecule has 1 aromatic carbocycles. The van der Waals surface area contributed by atoms with Crippen LogP contribution in [0.15, 0.2) is 30.6 Å². The number of hydrogen-bond donors (Lipinski definition) is 0. The molecule has 0 amide bonds. The van der Waals surface area contributed by atoms with Crippen LogP contribution in [-0.4, -0.2) is 27.2 Å². The van der Waals surface area contributed by atoms with E-state index in [4.69, 9.17) is 4.74 Å². The highest BCUT2D eigenvalue weighted by Gasteiger charge is 2.13. The van der Waals surface area contributed by atoms with Crippen LogP contribution in [0.4, 0.5) is 8.78 Å². The lowest BCUT2D eigenvalue weighted by Gasteiger charge is -2.07. The lowest BCUT2D eigenvalue weighted by molar-refractivity contribution is 0.0450. The molecule has 0 bridgehead atoms. The van der Waals surface area contributed by atoms with Gasteiger partial charge in [-0.05, 0) is 24.1 Å². The van der Waals surface area contributed by atoms with Gasteiger partial charge in [0, 0.05) is 0 Å². The third-order valence-electron chi connectivity index (χ3n) is 2.94. The smallest absolute Gasteiger partial charge is 0.338 e. The maximum atomic E-state index is 12.3. The Kier molecular flexibility index (Phi) is 4.97. The van der Waals surface area contributed by atoms with Crippen molar-refractivity contribution in [1.29, 1.82) is 0 Å². The molecule has 2 rings (SSSR count). The van der Waals surface area contributed by atoms with E-state index in [0.29, 0.717) is 5.56 Å². The molecule has 0 aliphatic carbocycles. The third-order valence-corrected chi connectivity index (χ3v) is 2.94. The zero-order valence-electron chi connectivity index (χ0n) is 11.5. The minimum absolute atomic E-state index is 0.189. The molecule has 1 aromatic heterocycles. The average Bonchev–Trinajstić information content (AvgIpc) is 2.91. The summed E-state index contributed by atoms with van der Waals surface area (Å²) in [6.45, 7) is 1.25. The second-order valence-corrected chi connectivity index (χ2v) is 4.38. The first-order valence-electron chi connectivity index (χ1n) is 6.51. The molecule has 0 unspecified atom stereocenters. The molecule has 0 radical (unpaired) electrons. The monoisotopic (exact) mass is 295 g/mol. The van der Waals surface area contributed by atoms with E-state index in [2.05, 4.69) is 10.1 Å². The number of ether oxygens (including phenoxy) is 1. The first-order valence-corrected chi connectivity index (χ1v) is 6.51. The molecule has 0 aliphatic rings. The fraction of sp³-hybridized carbons (Fsp3) is 0.357. The molecular formula is C14H15F2N3O2. The van der Waals surface area contributed by atoms with Crippen LogP contribution in [0.25, 0.3) is 0 Å². The average molecular weight is 295 g/mol. The van der Waals surface area contributed by atoms with E-state index in [-0.39, 0.29) is 12.4 Å². The second kappa shape index (κ2) is 6.92. The van der Waals surface area contributed by atoms with Gasteiger partial charge in [-0.1, -0.05) is 19.1 Å².